The molecule has 9 rings (SSSR count). The van der Waals surface area contributed by atoms with Gasteiger partial charge in [0.25, 0.3) is 0 Å². The smallest absolute Gasteiger partial charge is 0.303 e. The zero-order valence-electron chi connectivity index (χ0n) is 45.9. The third-order valence-electron chi connectivity index (χ3n) is 14.6. The van der Waals surface area contributed by atoms with Crippen molar-refractivity contribution in [2.24, 2.45) is 5.73 Å². The van der Waals surface area contributed by atoms with Gasteiger partial charge in [-0.1, -0.05) is 223 Å². The largest absolute Gasteiger partial charge is 0.481 e. The number of amides is 2. The van der Waals surface area contributed by atoms with Crippen LogP contribution in [0.25, 0.3) is 33.4 Å². The van der Waals surface area contributed by atoms with Crippen molar-refractivity contribution in [1.29, 1.82) is 0 Å². The van der Waals surface area contributed by atoms with E-state index in [-0.39, 0.29) is 48.8 Å². The van der Waals surface area contributed by atoms with Crippen LogP contribution in [-0.2, 0) is 28.7 Å². The van der Waals surface area contributed by atoms with E-state index in [1.54, 1.807) is 6.92 Å². The maximum absolute atomic E-state index is 12.8. The summed E-state index contributed by atoms with van der Waals surface area (Å²) in [6.45, 7) is 3.65. The van der Waals surface area contributed by atoms with E-state index in [1.165, 1.54) is 86.5 Å². The lowest BCUT2D eigenvalue weighted by Crippen LogP contribution is -2.27. The van der Waals surface area contributed by atoms with E-state index in [0.717, 1.165) is 89.9 Å². The van der Waals surface area contributed by atoms with Crippen molar-refractivity contribution in [3.8, 4) is 33.4 Å². The lowest BCUT2D eigenvalue weighted by atomic mass is 10.0. The Kier molecular flexibility index (Phi) is 24.9. The first-order chi connectivity index (χ1) is 38.0. The molecular weight excluding hydrogens is 975 g/mol. The van der Waals surface area contributed by atoms with Crippen molar-refractivity contribution >= 4 is 29.7 Å². The van der Waals surface area contributed by atoms with E-state index in [9.17, 15) is 24.0 Å². The topological polar surface area (TPSA) is 185 Å². The van der Waals surface area contributed by atoms with Crippen LogP contribution in [0.4, 0.5) is 0 Å². The van der Waals surface area contributed by atoms with Crippen LogP contribution in [0.1, 0.15) is 194 Å². The summed E-state index contributed by atoms with van der Waals surface area (Å²) >= 11 is 0. The molecule has 6 N–H and O–H groups in total. The molecule has 3 aliphatic rings. The predicted octanol–water partition coefficient (Wildman–Crippen LogP) is 15.0. The van der Waals surface area contributed by atoms with Gasteiger partial charge in [0, 0.05) is 32.6 Å². The van der Waals surface area contributed by atoms with Crippen LogP contribution in [0, 0.1) is 0 Å². The lowest BCUT2D eigenvalue weighted by Gasteiger charge is -2.16. The average Bonchev–Trinajstić information content (AvgIpc) is 4.19. The first-order valence-corrected chi connectivity index (χ1v) is 28.4. The quantitative estimate of drug-likeness (QED) is 0.0275. The zero-order valence-corrected chi connectivity index (χ0v) is 45.9. The molecule has 0 saturated heterocycles. The van der Waals surface area contributed by atoms with E-state index in [0.29, 0.717) is 19.4 Å². The number of ether oxygens (including phenoxy) is 1. The molecule has 412 valence electrons. The molecule has 11 heteroatoms. The molecular formula is C67H81N3O8. The Labute approximate surface area is 462 Å². The second kappa shape index (κ2) is 32.4. The van der Waals surface area contributed by atoms with Gasteiger partial charge in [0.2, 0.25) is 11.8 Å². The van der Waals surface area contributed by atoms with Gasteiger partial charge in [0.05, 0.1) is 24.7 Å². The number of hydrogen-bond donors (Lipinski definition) is 5. The Hall–Kier alpha value is -7.37. The second-order valence-corrected chi connectivity index (χ2v) is 20.4. The number of carbonyl (C=O) groups is 5. The fourth-order valence-electron chi connectivity index (χ4n) is 10.7. The van der Waals surface area contributed by atoms with E-state index >= 15 is 0 Å². The molecule has 0 atom stereocenters. The predicted molar refractivity (Wildman–Crippen MR) is 312 cm³/mol. The van der Waals surface area contributed by atoms with Gasteiger partial charge in [-0.25, -0.2) is 0 Å². The Morgan fingerprint density at radius 1 is 0.385 bits per heavy atom. The molecule has 2 amide bonds. The molecule has 0 radical (unpaired) electrons. The molecule has 0 unspecified atom stereocenters. The van der Waals surface area contributed by atoms with Gasteiger partial charge in [0.15, 0.2) is 0 Å². The number of nitrogens with one attached hydrogen (secondary N) is 2. The second-order valence-electron chi connectivity index (χ2n) is 20.4. The fourth-order valence-corrected chi connectivity index (χ4v) is 10.7. The van der Waals surface area contributed by atoms with Crippen LogP contribution < -0.4 is 16.4 Å². The van der Waals surface area contributed by atoms with Crippen molar-refractivity contribution in [3.63, 3.8) is 0 Å². The van der Waals surface area contributed by atoms with Gasteiger partial charge in [-0.2, -0.15) is 0 Å². The summed E-state index contributed by atoms with van der Waals surface area (Å²) in [6.07, 6.45) is 18.4. The normalized spacial score (nSPS) is 12.3. The molecule has 78 heavy (non-hydrogen) atoms. The summed E-state index contributed by atoms with van der Waals surface area (Å²) in [7, 11) is 0. The molecule has 0 aliphatic heterocycles. The van der Waals surface area contributed by atoms with E-state index in [2.05, 4.69) is 125 Å². The molecule has 0 saturated carbocycles. The standard InChI is InChI=1S/C38H40N2O2.C13H11N.C12H22O4.C4H8O2/c41-35(39-37-31-21-13-9-17-27(31)28-18-10-14-22-32(28)37)25-7-5-3-1-2-4-6-8-26-36(42)40-38-33-23-15-11-19-29(33)30-20-12-16-24-34(30)38;14-13-11-7-3-1-5-9(11)10-6-2-4-8-12(10)13;13-11(14)9-7-5-3-1-2-4-6-8-10-12(15)16;1-3-6-4(2)5/h9-24,37-38H,1-8,25-26H2,(H,39,41)(H,40,42);1-8,13H,14H2;1-10H2,(H,13,14)(H,15,16);3H2,1-2H3. The summed E-state index contributed by atoms with van der Waals surface area (Å²) in [6, 6.07) is 50.2. The SMILES string of the molecule is CCOC(C)=O.NC1c2ccccc2-c2ccccc21.O=C(CCCCCCCCCCC(=O)NC1c2ccccc2-c2ccccc21)NC1c2ccccc2-c2ccccc21.O=C(O)CCCCCCCCCCC(=O)O. The van der Waals surface area contributed by atoms with Gasteiger partial charge in [-0.3, -0.25) is 24.0 Å². The lowest BCUT2D eigenvalue weighted by molar-refractivity contribution is -0.140. The van der Waals surface area contributed by atoms with Crippen LogP contribution in [0.2, 0.25) is 0 Å². The zero-order chi connectivity index (χ0) is 55.5. The van der Waals surface area contributed by atoms with Crippen molar-refractivity contribution in [2.75, 3.05) is 6.61 Å². The number of fused-ring (bicyclic) bond motifs is 9. The third kappa shape index (κ3) is 18.1. The van der Waals surface area contributed by atoms with Gasteiger partial charge < -0.3 is 31.3 Å². The van der Waals surface area contributed by atoms with Gasteiger partial charge in [-0.15, -0.1) is 0 Å². The monoisotopic (exact) mass is 1060 g/mol. The number of nitrogens with two attached hydrogens (primary N) is 1. The van der Waals surface area contributed by atoms with Crippen molar-refractivity contribution in [1.82, 2.24) is 10.6 Å². The number of carboxylic acids is 2. The number of hydrogen-bond acceptors (Lipinski definition) is 7. The number of benzene rings is 6. The summed E-state index contributed by atoms with van der Waals surface area (Å²) in [5, 5.41) is 23.4. The van der Waals surface area contributed by atoms with Gasteiger partial charge in [0.1, 0.15) is 0 Å². The van der Waals surface area contributed by atoms with Crippen LogP contribution >= 0.6 is 0 Å². The summed E-state index contributed by atoms with van der Waals surface area (Å²) in [5.74, 6) is -1.37. The first-order valence-electron chi connectivity index (χ1n) is 28.4. The minimum absolute atomic E-state index is 0.0447. The van der Waals surface area contributed by atoms with Crippen molar-refractivity contribution in [2.45, 2.75) is 160 Å². The maximum Gasteiger partial charge on any atom is 0.303 e. The van der Waals surface area contributed by atoms with Crippen LogP contribution in [0.3, 0.4) is 0 Å². The van der Waals surface area contributed by atoms with Gasteiger partial charge >= 0.3 is 17.9 Å². The van der Waals surface area contributed by atoms with Crippen LogP contribution in [0.5, 0.6) is 0 Å². The molecule has 0 spiro atoms. The summed E-state index contributed by atoms with van der Waals surface area (Å²) in [5.41, 5.74) is 20.9. The highest BCUT2D eigenvalue weighted by Gasteiger charge is 2.30. The Balaban J connectivity index is 0.000000221. The number of aliphatic carboxylic acids is 2. The first kappa shape index (κ1) is 59.9. The number of carbonyl (C=O) groups excluding carboxylic acids is 3. The molecule has 0 heterocycles. The molecule has 0 bridgehead atoms. The highest BCUT2D eigenvalue weighted by molar-refractivity contribution is 5.85. The third-order valence-corrected chi connectivity index (χ3v) is 14.6. The van der Waals surface area contributed by atoms with Crippen LogP contribution in [0.15, 0.2) is 146 Å². The molecule has 6 aromatic carbocycles. The van der Waals surface area contributed by atoms with E-state index in [4.69, 9.17) is 15.9 Å². The Bertz CT molecular complexity index is 2600. The number of rotatable bonds is 25. The van der Waals surface area contributed by atoms with Crippen molar-refractivity contribution < 1.29 is 38.9 Å². The Morgan fingerprint density at radius 3 is 0.859 bits per heavy atom. The van der Waals surface area contributed by atoms with Crippen LogP contribution in [-0.4, -0.2) is 46.5 Å². The highest BCUT2D eigenvalue weighted by atomic mass is 16.5. The molecule has 11 nitrogen and oxygen atoms in total. The average molecular weight is 1060 g/mol. The fraction of sp³-hybridized carbons (Fsp3) is 0.388. The van der Waals surface area contributed by atoms with Gasteiger partial charge in [-0.05, 0) is 99.4 Å². The van der Waals surface area contributed by atoms with E-state index < -0.39 is 11.9 Å². The minimum atomic E-state index is -0.714. The van der Waals surface area contributed by atoms with E-state index in [1.807, 2.05) is 36.4 Å². The molecule has 3 aliphatic carbocycles. The molecule has 0 aromatic heterocycles. The summed E-state index contributed by atoms with van der Waals surface area (Å²) in [4.78, 5) is 55.8. The summed E-state index contributed by atoms with van der Waals surface area (Å²) < 4.78 is 4.40. The maximum atomic E-state index is 12.8. The highest BCUT2D eigenvalue weighted by Crippen LogP contribution is 2.45. The minimum Gasteiger partial charge on any atom is -0.481 e. The number of esters is 1. The number of unbranched alkanes of at least 4 members (excludes halogenated alkanes) is 14. The molecule has 6 aromatic rings. The van der Waals surface area contributed by atoms with Crippen molar-refractivity contribution in [3.05, 3.63) is 179 Å². The number of carboxylic acid groups (broad SMARTS) is 2. The Morgan fingerprint density at radius 2 is 0.615 bits per heavy atom. The molecule has 0 fully saturated rings.